The van der Waals surface area contributed by atoms with Crippen molar-refractivity contribution in [3.63, 3.8) is 0 Å². The van der Waals surface area contributed by atoms with Crippen LogP contribution in [0.2, 0.25) is 0 Å². The molecule has 57 heavy (non-hydrogen) atoms. The highest BCUT2D eigenvalue weighted by Crippen LogP contribution is 2.22. The summed E-state index contributed by atoms with van der Waals surface area (Å²) in [6.45, 7) is 16.8. The van der Waals surface area contributed by atoms with Gasteiger partial charge in [-0.1, -0.05) is 65.5 Å². The first-order valence-corrected chi connectivity index (χ1v) is 18.5. The van der Waals surface area contributed by atoms with Crippen molar-refractivity contribution in [2.75, 3.05) is 27.2 Å². The number of rotatable bonds is 18. The Labute approximate surface area is 338 Å². The smallest absolute Gasteiger partial charge is 0.407 e. The second kappa shape index (κ2) is 25.5. The summed E-state index contributed by atoms with van der Waals surface area (Å²) in [7, 11) is 3.24. The third-order valence-corrected chi connectivity index (χ3v) is 7.40. The van der Waals surface area contributed by atoms with E-state index in [0.29, 0.717) is 18.4 Å². The molecule has 0 bridgehead atoms. The van der Waals surface area contributed by atoms with Crippen molar-refractivity contribution in [3.05, 3.63) is 35.9 Å². The Kier molecular flexibility index (Phi) is 24.3. The van der Waals surface area contributed by atoms with Crippen molar-refractivity contribution in [2.45, 2.75) is 137 Å². The van der Waals surface area contributed by atoms with Gasteiger partial charge in [0.2, 0.25) is 5.91 Å². The quantitative estimate of drug-likeness (QED) is 0.113. The molecule has 5 amide bonds. The number of benzene rings is 1. The molecule has 0 saturated carbocycles. The molecule has 0 aliphatic heterocycles. The number of alkyl carbamates (subject to hydrolysis) is 2. The number of ketones is 1. The van der Waals surface area contributed by atoms with E-state index >= 15 is 0 Å². The number of likely N-dealkylation sites (N-methyl/N-ethyl adjacent to an activating group) is 1. The van der Waals surface area contributed by atoms with Gasteiger partial charge in [-0.05, 0) is 71.8 Å². The fourth-order valence-corrected chi connectivity index (χ4v) is 5.03. The summed E-state index contributed by atoms with van der Waals surface area (Å²) >= 11 is 0. The number of aliphatic hydroxyl groups excluding tert-OH is 2. The summed E-state index contributed by atoms with van der Waals surface area (Å²) in [6.07, 6.45) is -4.05. The first kappa shape index (κ1) is 54.3. The summed E-state index contributed by atoms with van der Waals surface area (Å²) in [5.41, 5.74) is -0.728. The molecule has 0 heterocycles. The molecule has 17 nitrogen and oxygen atoms in total. The van der Waals surface area contributed by atoms with Crippen LogP contribution in [0.25, 0.3) is 0 Å². The second-order valence-electron chi connectivity index (χ2n) is 16.4. The zero-order valence-electron chi connectivity index (χ0n) is 34.9. The Morgan fingerprint density at radius 3 is 1.40 bits per heavy atom. The molecule has 0 spiro atoms. The first-order chi connectivity index (χ1) is 25.6. The second-order valence-corrected chi connectivity index (χ2v) is 16.4. The van der Waals surface area contributed by atoms with E-state index in [1.54, 1.807) is 79.9 Å². The van der Waals surface area contributed by atoms with Crippen LogP contribution < -0.4 is 21.3 Å². The van der Waals surface area contributed by atoms with E-state index in [4.69, 9.17) is 14.6 Å². The number of hydrogen-bond donors (Lipinski definition) is 7. The third-order valence-electron chi connectivity index (χ3n) is 7.40. The first-order valence-electron chi connectivity index (χ1n) is 18.5. The maximum Gasteiger partial charge on any atom is 0.407 e. The molecule has 0 aliphatic carbocycles. The van der Waals surface area contributed by atoms with Gasteiger partial charge in [0.05, 0.1) is 24.5 Å². The number of carboxylic acids is 1. The van der Waals surface area contributed by atoms with Gasteiger partial charge in [-0.2, -0.15) is 0 Å². The molecule has 1 rings (SSSR count). The summed E-state index contributed by atoms with van der Waals surface area (Å²) < 4.78 is 10.3. The highest BCUT2D eigenvalue weighted by atomic mass is 16.6. The Bertz CT molecular complexity index is 1440. The molecule has 0 fully saturated rings. The molecule has 5 atom stereocenters. The molecule has 4 unspecified atom stereocenters. The number of nitrogens with zero attached hydrogens (tertiary/aromatic N) is 1. The van der Waals surface area contributed by atoms with Gasteiger partial charge in [0.25, 0.3) is 11.8 Å². The largest absolute Gasteiger partial charge is 0.480 e. The minimum atomic E-state index is -1.57. The molecule has 1 aromatic rings. The third kappa shape index (κ3) is 24.5. The van der Waals surface area contributed by atoms with E-state index in [9.17, 15) is 43.8 Å². The van der Waals surface area contributed by atoms with Crippen molar-refractivity contribution in [3.8, 4) is 0 Å². The molecule has 1 aromatic carbocycles. The molecule has 7 N–H and O–H groups in total. The maximum atomic E-state index is 12.6. The number of nitrogens with one attached hydrogen (secondary N) is 4. The van der Waals surface area contributed by atoms with Crippen molar-refractivity contribution in [2.24, 2.45) is 11.8 Å². The van der Waals surface area contributed by atoms with E-state index in [1.165, 1.54) is 4.90 Å². The number of carbonyl (C=O) groups excluding carboxylic acids is 6. The number of aliphatic hydroxyl groups is 2. The molecule has 17 heteroatoms. The van der Waals surface area contributed by atoms with Crippen molar-refractivity contribution in [1.29, 1.82) is 0 Å². The monoisotopic (exact) mass is 811 g/mol. The van der Waals surface area contributed by atoms with Gasteiger partial charge in [0.1, 0.15) is 17.7 Å². The molecule has 0 saturated heterocycles. The molecule has 326 valence electrons. The van der Waals surface area contributed by atoms with Crippen molar-refractivity contribution in [1.82, 2.24) is 26.2 Å². The lowest BCUT2D eigenvalue weighted by atomic mass is 9.92. The fraction of sp³-hybridized carbons (Fsp3) is 0.675. The van der Waals surface area contributed by atoms with Crippen LogP contribution in [0.3, 0.4) is 0 Å². The SMILES string of the molecule is C.CC(C)CC(NC(=O)OC(C)(C)C)C(O)C(=O)NCC(=O)C[C@H](C(=O)N(C)C)c1ccccc1.CC(C)CC(NC(=O)OC(C)(C)C)C(O)C(=O)NCC(=O)O. The van der Waals surface area contributed by atoms with Gasteiger partial charge in [-0.15, -0.1) is 0 Å². The van der Waals surface area contributed by atoms with E-state index in [-0.39, 0.29) is 43.9 Å². The van der Waals surface area contributed by atoms with Crippen LogP contribution in [0.15, 0.2) is 30.3 Å². The average molecular weight is 812 g/mol. The van der Waals surface area contributed by atoms with E-state index in [1.807, 2.05) is 33.8 Å². The molecule has 0 aliphatic rings. The van der Waals surface area contributed by atoms with E-state index < -0.39 is 77.9 Å². The number of Topliss-reactive ketones (excluding diaryl/α,β-unsaturated/α-hetero) is 1. The maximum absolute atomic E-state index is 12.6. The Morgan fingerprint density at radius 1 is 0.684 bits per heavy atom. The number of amides is 5. The van der Waals surface area contributed by atoms with Crippen molar-refractivity contribution >= 4 is 41.7 Å². The topological polar surface area (TPSA) is 250 Å². The molecular formula is C40H69N5O12. The molecule has 0 radical (unpaired) electrons. The minimum absolute atomic E-state index is 0. The fourth-order valence-electron chi connectivity index (χ4n) is 5.03. The molecule has 0 aromatic heterocycles. The summed E-state index contributed by atoms with van der Waals surface area (Å²) in [5, 5.41) is 38.6. The van der Waals surface area contributed by atoms with E-state index in [2.05, 4.69) is 21.3 Å². The van der Waals surface area contributed by atoms with Crippen molar-refractivity contribution < 1.29 is 58.4 Å². The molecular weight excluding hydrogens is 742 g/mol. The number of carboxylic acid groups (broad SMARTS) is 1. The predicted molar refractivity (Wildman–Crippen MR) is 215 cm³/mol. The number of hydrogen-bond acceptors (Lipinski definition) is 11. The number of ether oxygens (including phenoxy) is 2. The summed E-state index contributed by atoms with van der Waals surface area (Å²) in [5.74, 6) is -3.94. The highest BCUT2D eigenvalue weighted by Gasteiger charge is 2.32. The number of carbonyl (C=O) groups is 7. The van der Waals surface area contributed by atoms with Crippen LogP contribution in [0, 0.1) is 11.8 Å². The van der Waals surface area contributed by atoms with Crippen LogP contribution in [0.5, 0.6) is 0 Å². The zero-order chi connectivity index (χ0) is 43.6. The van der Waals surface area contributed by atoms with Gasteiger partial charge in [-0.25, -0.2) is 9.59 Å². The zero-order valence-corrected chi connectivity index (χ0v) is 34.9. The van der Waals surface area contributed by atoms with Crippen LogP contribution in [-0.2, 0) is 33.4 Å². The van der Waals surface area contributed by atoms with E-state index in [0.717, 1.165) is 0 Å². The normalized spacial score (nSPS) is 13.8. The average Bonchev–Trinajstić information content (AvgIpc) is 3.05. The number of aliphatic carboxylic acids is 1. The summed E-state index contributed by atoms with van der Waals surface area (Å²) in [6, 6.07) is 7.20. The highest BCUT2D eigenvalue weighted by molar-refractivity contribution is 5.93. The lowest BCUT2D eigenvalue weighted by Crippen LogP contribution is -2.52. The van der Waals surface area contributed by atoms with Crippen LogP contribution >= 0.6 is 0 Å². The summed E-state index contributed by atoms with van der Waals surface area (Å²) in [4.78, 5) is 85.3. The van der Waals surface area contributed by atoms with Crippen LogP contribution in [-0.4, -0.2) is 125 Å². The Morgan fingerprint density at radius 2 is 1.07 bits per heavy atom. The standard InChI is InChI=1S/C25H39N3O6.C14H26N2O6.CH4/c1-16(2)13-20(27-24(33)34-25(3,4)5)21(30)22(31)26-15-18(29)14-19(23(32)28(6)7)17-11-9-8-10-12-17;1-8(2)6-9(16-13(21)22-14(3,4)5)11(19)12(20)15-7-10(17)18;/h8-12,16,19-21,30H,13-15H2,1-7H3,(H,26,31)(H,27,33);8-9,11,19H,6-7H2,1-5H3,(H,15,20)(H,16,21)(H,17,18);1H4/t19-,20?,21?;;/m0../s1. The Balaban J connectivity index is 0. The van der Waals surface area contributed by atoms with Gasteiger partial charge in [-0.3, -0.25) is 24.0 Å². The Hall–Kier alpha value is -4.77. The van der Waals surface area contributed by atoms with Crippen LogP contribution in [0.4, 0.5) is 9.59 Å². The van der Waals surface area contributed by atoms with Gasteiger partial charge < -0.3 is 51.0 Å². The lowest BCUT2D eigenvalue weighted by Gasteiger charge is -2.27. The van der Waals surface area contributed by atoms with Gasteiger partial charge in [0.15, 0.2) is 18.0 Å². The predicted octanol–water partition coefficient (Wildman–Crippen LogP) is 3.36. The lowest BCUT2D eigenvalue weighted by molar-refractivity contribution is -0.140. The minimum Gasteiger partial charge on any atom is -0.480 e. The van der Waals surface area contributed by atoms with Gasteiger partial charge in [0, 0.05) is 20.5 Å². The van der Waals surface area contributed by atoms with Crippen LogP contribution in [0.1, 0.15) is 107 Å². The van der Waals surface area contributed by atoms with Gasteiger partial charge >= 0.3 is 18.2 Å².